The number of carbonyl (C=O) groups is 1. The average molecular weight is 245 g/mol. The Bertz CT molecular complexity index is 426. The molecule has 96 valence electrons. The van der Waals surface area contributed by atoms with Gasteiger partial charge in [0.15, 0.2) is 0 Å². The number of urea groups is 1. The second-order valence-electron chi connectivity index (χ2n) is 5.39. The van der Waals surface area contributed by atoms with Crippen molar-refractivity contribution >= 4 is 11.7 Å². The lowest BCUT2D eigenvalue weighted by molar-refractivity contribution is 0.215. The third kappa shape index (κ3) is 2.20. The Morgan fingerprint density at radius 2 is 2.11 bits per heavy atom. The molecule has 0 aliphatic carbocycles. The van der Waals surface area contributed by atoms with Crippen LogP contribution in [0.2, 0.25) is 0 Å². The molecule has 2 fully saturated rings. The van der Waals surface area contributed by atoms with Crippen LogP contribution < -0.4 is 10.6 Å². The summed E-state index contributed by atoms with van der Waals surface area (Å²) in [6, 6.07) is 9.68. The van der Waals surface area contributed by atoms with E-state index in [1.807, 2.05) is 35.2 Å². The smallest absolute Gasteiger partial charge is 0.321 e. The van der Waals surface area contributed by atoms with Crippen LogP contribution in [0.1, 0.15) is 12.8 Å². The van der Waals surface area contributed by atoms with Gasteiger partial charge in [-0.25, -0.2) is 4.79 Å². The number of rotatable bonds is 1. The van der Waals surface area contributed by atoms with E-state index in [0.717, 1.165) is 38.3 Å². The second kappa shape index (κ2) is 4.61. The van der Waals surface area contributed by atoms with Crippen molar-refractivity contribution in [1.82, 2.24) is 10.2 Å². The van der Waals surface area contributed by atoms with Crippen LogP contribution in [0.4, 0.5) is 10.5 Å². The van der Waals surface area contributed by atoms with E-state index >= 15 is 0 Å². The van der Waals surface area contributed by atoms with Crippen LogP contribution in [-0.2, 0) is 0 Å². The van der Waals surface area contributed by atoms with Gasteiger partial charge in [-0.3, -0.25) is 0 Å². The number of anilines is 1. The van der Waals surface area contributed by atoms with E-state index in [2.05, 4.69) is 10.6 Å². The number of nitrogens with zero attached hydrogens (tertiary/aromatic N) is 1. The molecule has 2 amide bonds. The maximum absolute atomic E-state index is 12.1. The topological polar surface area (TPSA) is 44.4 Å². The molecular formula is C14H19N3O. The van der Waals surface area contributed by atoms with Gasteiger partial charge in [-0.15, -0.1) is 0 Å². The molecule has 1 aromatic rings. The molecule has 0 bridgehead atoms. The number of benzene rings is 1. The van der Waals surface area contributed by atoms with Crippen molar-refractivity contribution in [3.05, 3.63) is 30.3 Å². The van der Waals surface area contributed by atoms with E-state index in [1.54, 1.807) is 0 Å². The van der Waals surface area contributed by atoms with Crippen LogP contribution in [0, 0.1) is 5.41 Å². The fourth-order valence-electron chi connectivity index (χ4n) is 2.98. The fraction of sp³-hybridized carbons (Fsp3) is 0.500. The molecule has 1 unspecified atom stereocenters. The zero-order valence-corrected chi connectivity index (χ0v) is 10.5. The van der Waals surface area contributed by atoms with Gasteiger partial charge in [0.05, 0.1) is 0 Å². The average Bonchev–Trinajstić information content (AvgIpc) is 3.02. The summed E-state index contributed by atoms with van der Waals surface area (Å²) in [4.78, 5) is 14.1. The quantitative estimate of drug-likeness (QED) is 0.793. The largest absolute Gasteiger partial charge is 0.324 e. The summed E-state index contributed by atoms with van der Waals surface area (Å²) in [6.07, 6.45) is 2.32. The number of carbonyl (C=O) groups excluding carboxylic acids is 1. The lowest BCUT2D eigenvalue weighted by atomic mass is 9.87. The zero-order chi connectivity index (χ0) is 12.4. The molecule has 18 heavy (non-hydrogen) atoms. The number of hydrogen-bond acceptors (Lipinski definition) is 2. The van der Waals surface area contributed by atoms with Crippen molar-refractivity contribution in [3.63, 3.8) is 0 Å². The van der Waals surface area contributed by atoms with E-state index in [0.29, 0.717) is 5.41 Å². The zero-order valence-electron chi connectivity index (χ0n) is 10.5. The second-order valence-corrected chi connectivity index (χ2v) is 5.39. The molecule has 4 heteroatoms. The van der Waals surface area contributed by atoms with Crippen LogP contribution in [-0.4, -0.2) is 37.1 Å². The van der Waals surface area contributed by atoms with Gasteiger partial charge in [0.2, 0.25) is 0 Å². The predicted octanol–water partition coefficient (Wildman–Crippen LogP) is 1.90. The Balaban J connectivity index is 1.61. The molecule has 3 rings (SSSR count). The Labute approximate surface area is 107 Å². The number of amides is 2. The maximum Gasteiger partial charge on any atom is 0.321 e. The highest BCUT2D eigenvalue weighted by Gasteiger charge is 2.41. The molecule has 1 spiro atoms. The van der Waals surface area contributed by atoms with Gasteiger partial charge in [0.25, 0.3) is 0 Å². The standard InChI is InChI=1S/C14H19N3O/c18-13(16-12-4-2-1-3-5-12)17-9-7-14(11-17)6-8-15-10-14/h1-5,15H,6-11H2,(H,16,18). The minimum Gasteiger partial charge on any atom is -0.324 e. The van der Waals surface area contributed by atoms with Crippen molar-refractivity contribution in [2.45, 2.75) is 12.8 Å². The van der Waals surface area contributed by atoms with Crippen molar-refractivity contribution in [1.29, 1.82) is 0 Å². The summed E-state index contributed by atoms with van der Waals surface area (Å²) in [5.74, 6) is 0. The van der Waals surface area contributed by atoms with Crippen LogP contribution in [0.3, 0.4) is 0 Å². The SMILES string of the molecule is O=C(Nc1ccccc1)N1CCC2(CCNC2)C1. The Morgan fingerprint density at radius 3 is 2.83 bits per heavy atom. The van der Waals surface area contributed by atoms with Crippen molar-refractivity contribution < 1.29 is 4.79 Å². The van der Waals surface area contributed by atoms with Gasteiger partial charge in [-0.1, -0.05) is 18.2 Å². The molecule has 2 heterocycles. The van der Waals surface area contributed by atoms with Crippen molar-refractivity contribution in [3.8, 4) is 0 Å². The summed E-state index contributed by atoms with van der Waals surface area (Å²) >= 11 is 0. The first-order valence-electron chi connectivity index (χ1n) is 6.59. The molecule has 0 radical (unpaired) electrons. The molecule has 1 aromatic carbocycles. The molecule has 2 aliphatic rings. The van der Waals surface area contributed by atoms with E-state index in [-0.39, 0.29) is 6.03 Å². The number of nitrogens with one attached hydrogen (secondary N) is 2. The third-order valence-electron chi connectivity index (χ3n) is 4.08. The number of para-hydroxylation sites is 1. The van der Waals surface area contributed by atoms with Crippen LogP contribution >= 0.6 is 0 Å². The summed E-state index contributed by atoms with van der Waals surface area (Å²) in [5.41, 5.74) is 1.21. The minimum atomic E-state index is 0.0324. The minimum absolute atomic E-state index is 0.0324. The van der Waals surface area contributed by atoms with Gasteiger partial charge >= 0.3 is 6.03 Å². The lowest BCUT2D eigenvalue weighted by Crippen LogP contribution is -2.36. The summed E-state index contributed by atoms with van der Waals surface area (Å²) < 4.78 is 0. The highest BCUT2D eigenvalue weighted by atomic mass is 16.2. The normalized spacial score (nSPS) is 26.8. The van der Waals surface area contributed by atoms with E-state index in [4.69, 9.17) is 0 Å². The number of likely N-dealkylation sites (tertiary alicyclic amines) is 1. The van der Waals surface area contributed by atoms with Crippen LogP contribution in [0.25, 0.3) is 0 Å². The highest BCUT2D eigenvalue weighted by molar-refractivity contribution is 5.89. The third-order valence-corrected chi connectivity index (χ3v) is 4.08. The predicted molar refractivity (Wildman–Crippen MR) is 71.6 cm³/mol. The summed E-state index contributed by atoms with van der Waals surface area (Å²) in [5, 5.41) is 6.36. The molecule has 4 nitrogen and oxygen atoms in total. The van der Waals surface area contributed by atoms with E-state index in [9.17, 15) is 4.79 Å². The van der Waals surface area contributed by atoms with Crippen molar-refractivity contribution in [2.24, 2.45) is 5.41 Å². The Kier molecular flexibility index (Phi) is 2.96. The molecule has 2 N–H and O–H groups in total. The van der Waals surface area contributed by atoms with Gasteiger partial charge in [0.1, 0.15) is 0 Å². The van der Waals surface area contributed by atoms with Crippen molar-refractivity contribution in [2.75, 3.05) is 31.5 Å². The van der Waals surface area contributed by atoms with Gasteiger partial charge in [-0.05, 0) is 31.5 Å². The first-order chi connectivity index (χ1) is 8.77. The van der Waals surface area contributed by atoms with Gasteiger partial charge in [0, 0.05) is 30.7 Å². The molecule has 1 atom stereocenters. The molecule has 0 saturated carbocycles. The first-order valence-corrected chi connectivity index (χ1v) is 6.59. The summed E-state index contributed by atoms with van der Waals surface area (Å²) in [6.45, 7) is 3.91. The van der Waals surface area contributed by atoms with Crippen LogP contribution in [0.15, 0.2) is 30.3 Å². The monoisotopic (exact) mass is 245 g/mol. The van der Waals surface area contributed by atoms with Crippen LogP contribution in [0.5, 0.6) is 0 Å². The van der Waals surface area contributed by atoms with Gasteiger partial charge < -0.3 is 15.5 Å². The Morgan fingerprint density at radius 1 is 1.28 bits per heavy atom. The molecule has 2 saturated heterocycles. The Hall–Kier alpha value is -1.55. The number of hydrogen-bond donors (Lipinski definition) is 2. The highest BCUT2D eigenvalue weighted by Crippen LogP contribution is 2.36. The summed E-state index contributed by atoms with van der Waals surface area (Å²) in [7, 11) is 0. The molecule has 0 aromatic heterocycles. The first kappa shape index (κ1) is 11.5. The lowest BCUT2D eigenvalue weighted by Gasteiger charge is -2.23. The molecular weight excluding hydrogens is 226 g/mol. The van der Waals surface area contributed by atoms with Gasteiger partial charge in [-0.2, -0.15) is 0 Å². The maximum atomic E-state index is 12.1. The molecule has 2 aliphatic heterocycles. The van der Waals surface area contributed by atoms with E-state index < -0.39 is 0 Å². The van der Waals surface area contributed by atoms with E-state index in [1.165, 1.54) is 6.42 Å². The fourth-order valence-corrected chi connectivity index (χ4v) is 2.98.